The van der Waals surface area contributed by atoms with Crippen LogP contribution in [0, 0.1) is 0 Å². The van der Waals surface area contributed by atoms with Crippen LogP contribution in [0.4, 0.5) is 4.79 Å². The Hall–Kier alpha value is -2.42. The minimum absolute atomic E-state index is 0.0249. The number of carbonyl (C=O) groups excluding carboxylic acids is 1. The molecule has 1 unspecified atom stereocenters. The van der Waals surface area contributed by atoms with Gasteiger partial charge in [0.15, 0.2) is 15.7 Å². The summed E-state index contributed by atoms with van der Waals surface area (Å²) in [6.07, 6.45) is 2.07. The van der Waals surface area contributed by atoms with Crippen molar-refractivity contribution in [1.29, 1.82) is 0 Å². The fraction of sp³-hybridized carbons (Fsp3) is 0.400. The van der Waals surface area contributed by atoms with Crippen LogP contribution in [0.15, 0.2) is 36.7 Å². The average molecular weight is 349 g/mol. The van der Waals surface area contributed by atoms with Crippen molar-refractivity contribution in [3.8, 4) is 5.69 Å². The van der Waals surface area contributed by atoms with Crippen LogP contribution >= 0.6 is 0 Å². The number of para-hydroxylation sites is 1. The van der Waals surface area contributed by atoms with E-state index in [-0.39, 0.29) is 30.1 Å². The van der Waals surface area contributed by atoms with E-state index in [1.165, 1.54) is 4.90 Å². The van der Waals surface area contributed by atoms with Gasteiger partial charge < -0.3 is 10.2 Å². The zero-order chi connectivity index (χ0) is 17.2. The van der Waals surface area contributed by atoms with Crippen molar-refractivity contribution in [3.63, 3.8) is 0 Å². The fourth-order valence-electron chi connectivity index (χ4n) is 2.71. The molecule has 1 atom stereocenters. The van der Waals surface area contributed by atoms with Crippen molar-refractivity contribution in [3.05, 3.63) is 42.5 Å². The number of carbonyl (C=O) groups is 1. The van der Waals surface area contributed by atoms with Gasteiger partial charge in [-0.05, 0) is 18.6 Å². The van der Waals surface area contributed by atoms with E-state index in [1.807, 2.05) is 30.3 Å². The highest BCUT2D eigenvalue weighted by Crippen LogP contribution is 2.16. The molecule has 1 aliphatic heterocycles. The Morgan fingerprint density at radius 3 is 2.79 bits per heavy atom. The second kappa shape index (κ2) is 6.60. The van der Waals surface area contributed by atoms with E-state index in [2.05, 4.69) is 15.5 Å². The SMILES string of the molecule is CN(C(=O)NCc1nncn1-c1ccccc1)C1CCS(=O)(=O)C1. The molecule has 9 heteroatoms. The molecule has 24 heavy (non-hydrogen) atoms. The number of nitrogens with one attached hydrogen (secondary N) is 1. The quantitative estimate of drug-likeness (QED) is 0.871. The number of amides is 2. The predicted octanol–water partition coefficient (Wildman–Crippen LogP) is 0.596. The van der Waals surface area contributed by atoms with E-state index in [0.717, 1.165) is 5.69 Å². The molecular formula is C15H19N5O3S. The van der Waals surface area contributed by atoms with Crippen LogP contribution in [-0.2, 0) is 16.4 Å². The van der Waals surface area contributed by atoms with E-state index >= 15 is 0 Å². The zero-order valence-electron chi connectivity index (χ0n) is 13.3. The molecule has 1 aromatic carbocycles. The Labute approximate surface area is 140 Å². The van der Waals surface area contributed by atoms with Crippen molar-refractivity contribution in [2.24, 2.45) is 0 Å². The van der Waals surface area contributed by atoms with Gasteiger partial charge in [-0.15, -0.1) is 10.2 Å². The van der Waals surface area contributed by atoms with Crippen LogP contribution in [0.5, 0.6) is 0 Å². The number of rotatable bonds is 4. The number of aromatic nitrogens is 3. The van der Waals surface area contributed by atoms with Gasteiger partial charge in [0.25, 0.3) is 0 Å². The van der Waals surface area contributed by atoms with Crippen LogP contribution in [0.3, 0.4) is 0 Å². The molecule has 0 aliphatic carbocycles. The molecule has 1 aliphatic rings. The molecule has 2 amide bonds. The topological polar surface area (TPSA) is 97.2 Å². The summed E-state index contributed by atoms with van der Waals surface area (Å²) in [7, 11) is -1.41. The first-order valence-electron chi connectivity index (χ1n) is 7.62. The first-order chi connectivity index (χ1) is 11.5. The van der Waals surface area contributed by atoms with Crippen molar-refractivity contribution in [2.45, 2.75) is 19.0 Å². The molecule has 1 aromatic heterocycles. The van der Waals surface area contributed by atoms with Crippen LogP contribution in [0.1, 0.15) is 12.2 Å². The second-order valence-corrected chi connectivity index (χ2v) is 8.01. The normalized spacial score (nSPS) is 19.1. The molecule has 2 heterocycles. The molecule has 2 aromatic rings. The monoisotopic (exact) mass is 349 g/mol. The van der Waals surface area contributed by atoms with Gasteiger partial charge in [-0.3, -0.25) is 4.57 Å². The van der Waals surface area contributed by atoms with E-state index in [4.69, 9.17) is 0 Å². The molecule has 8 nitrogen and oxygen atoms in total. The zero-order valence-corrected chi connectivity index (χ0v) is 14.1. The number of nitrogens with zero attached hydrogens (tertiary/aromatic N) is 4. The summed E-state index contributed by atoms with van der Waals surface area (Å²) < 4.78 is 24.9. The van der Waals surface area contributed by atoms with Gasteiger partial charge in [0, 0.05) is 18.8 Å². The van der Waals surface area contributed by atoms with Gasteiger partial charge in [-0.25, -0.2) is 13.2 Å². The Bertz CT molecular complexity index is 819. The molecule has 128 valence electrons. The molecule has 0 bridgehead atoms. The fourth-order valence-corrected chi connectivity index (χ4v) is 4.48. The van der Waals surface area contributed by atoms with Gasteiger partial charge >= 0.3 is 6.03 Å². The van der Waals surface area contributed by atoms with Crippen molar-refractivity contribution < 1.29 is 13.2 Å². The lowest BCUT2D eigenvalue weighted by Crippen LogP contribution is -2.44. The number of urea groups is 1. The van der Waals surface area contributed by atoms with E-state index in [0.29, 0.717) is 12.2 Å². The lowest BCUT2D eigenvalue weighted by atomic mass is 10.2. The third-order valence-electron chi connectivity index (χ3n) is 4.13. The molecule has 1 N–H and O–H groups in total. The Balaban J connectivity index is 1.62. The maximum atomic E-state index is 12.2. The summed E-state index contributed by atoms with van der Waals surface area (Å²) in [6.45, 7) is 0.206. The maximum Gasteiger partial charge on any atom is 0.317 e. The van der Waals surface area contributed by atoms with Crippen LogP contribution in [0.2, 0.25) is 0 Å². The number of hydrogen-bond acceptors (Lipinski definition) is 5. The lowest BCUT2D eigenvalue weighted by molar-refractivity contribution is 0.194. The Kier molecular flexibility index (Phi) is 4.52. The van der Waals surface area contributed by atoms with E-state index in [1.54, 1.807) is 17.9 Å². The van der Waals surface area contributed by atoms with Crippen molar-refractivity contribution in [1.82, 2.24) is 25.0 Å². The highest BCUT2D eigenvalue weighted by Gasteiger charge is 2.32. The van der Waals surface area contributed by atoms with E-state index < -0.39 is 9.84 Å². The average Bonchev–Trinajstić information content (AvgIpc) is 3.18. The van der Waals surface area contributed by atoms with Crippen LogP contribution < -0.4 is 5.32 Å². The second-order valence-electron chi connectivity index (χ2n) is 5.78. The third-order valence-corrected chi connectivity index (χ3v) is 5.88. The summed E-state index contributed by atoms with van der Waals surface area (Å²) in [5.74, 6) is 0.761. The minimum atomic E-state index is -3.02. The Morgan fingerprint density at radius 1 is 1.38 bits per heavy atom. The van der Waals surface area contributed by atoms with Crippen LogP contribution in [-0.4, -0.2) is 58.7 Å². The summed E-state index contributed by atoms with van der Waals surface area (Å²) in [5.41, 5.74) is 0.905. The summed E-state index contributed by atoms with van der Waals surface area (Å²) >= 11 is 0. The maximum absolute atomic E-state index is 12.2. The molecule has 3 rings (SSSR count). The summed E-state index contributed by atoms with van der Waals surface area (Å²) in [6, 6.07) is 8.98. The molecule has 0 saturated carbocycles. The summed E-state index contributed by atoms with van der Waals surface area (Å²) in [5, 5.41) is 10.7. The van der Waals surface area contributed by atoms with Gasteiger partial charge in [0.2, 0.25) is 0 Å². The number of sulfone groups is 1. The smallest absolute Gasteiger partial charge is 0.317 e. The molecule has 1 fully saturated rings. The minimum Gasteiger partial charge on any atom is -0.331 e. The highest BCUT2D eigenvalue weighted by atomic mass is 32.2. The van der Waals surface area contributed by atoms with Gasteiger partial charge in [0.1, 0.15) is 6.33 Å². The van der Waals surface area contributed by atoms with Gasteiger partial charge in [0.05, 0.1) is 18.1 Å². The molecular weight excluding hydrogens is 330 g/mol. The first-order valence-corrected chi connectivity index (χ1v) is 9.44. The first kappa shape index (κ1) is 16.4. The van der Waals surface area contributed by atoms with Crippen molar-refractivity contribution >= 4 is 15.9 Å². The molecule has 1 saturated heterocycles. The third kappa shape index (κ3) is 3.56. The highest BCUT2D eigenvalue weighted by molar-refractivity contribution is 7.91. The molecule has 0 spiro atoms. The number of benzene rings is 1. The standard InChI is InChI=1S/C15H19N5O3S/c1-19(13-7-8-24(22,23)10-13)15(21)16-9-14-18-17-11-20(14)12-5-3-2-4-6-12/h2-6,11,13H,7-10H2,1H3,(H,16,21). The molecule has 0 radical (unpaired) electrons. The summed E-state index contributed by atoms with van der Waals surface area (Å²) in [4.78, 5) is 13.7. The van der Waals surface area contributed by atoms with E-state index in [9.17, 15) is 13.2 Å². The Morgan fingerprint density at radius 2 is 2.12 bits per heavy atom. The predicted molar refractivity (Wildman–Crippen MR) is 88.4 cm³/mol. The van der Waals surface area contributed by atoms with Gasteiger partial charge in [-0.1, -0.05) is 18.2 Å². The largest absolute Gasteiger partial charge is 0.331 e. The lowest BCUT2D eigenvalue weighted by Gasteiger charge is -2.23. The number of hydrogen-bond donors (Lipinski definition) is 1. The van der Waals surface area contributed by atoms with Gasteiger partial charge in [-0.2, -0.15) is 0 Å². The van der Waals surface area contributed by atoms with Crippen LogP contribution in [0.25, 0.3) is 5.69 Å². The van der Waals surface area contributed by atoms with Crippen molar-refractivity contribution in [2.75, 3.05) is 18.6 Å².